The molecule has 1 amide bonds. The van der Waals surface area contributed by atoms with Crippen LogP contribution in [0.15, 0.2) is 53.3 Å². The molecule has 116 valence electrons. The van der Waals surface area contributed by atoms with Crippen molar-refractivity contribution >= 4 is 27.5 Å². The van der Waals surface area contributed by atoms with Crippen LogP contribution in [0.3, 0.4) is 0 Å². The number of carbonyl (C=O) groups excluding carboxylic acids is 1. The summed E-state index contributed by atoms with van der Waals surface area (Å²) in [5, 5.41) is 6.41. The lowest BCUT2D eigenvalue weighted by Gasteiger charge is -2.21. The first kappa shape index (κ1) is 16.5. The van der Waals surface area contributed by atoms with Gasteiger partial charge in [0.2, 0.25) is 5.91 Å². The van der Waals surface area contributed by atoms with Gasteiger partial charge in [-0.15, -0.1) is 0 Å². The van der Waals surface area contributed by atoms with Crippen LogP contribution in [0.5, 0.6) is 0 Å². The molecule has 0 radical (unpaired) electrons. The second-order valence-corrected chi connectivity index (χ2v) is 6.31. The van der Waals surface area contributed by atoms with E-state index in [4.69, 9.17) is 0 Å². The maximum atomic E-state index is 11.8. The molecule has 0 saturated carbocycles. The van der Waals surface area contributed by atoms with Crippen LogP contribution in [0.2, 0.25) is 0 Å². The number of halogens is 1. The Labute approximate surface area is 139 Å². The summed E-state index contributed by atoms with van der Waals surface area (Å²) in [6, 6.07) is 12.0. The van der Waals surface area contributed by atoms with Crippen molar-refractivity contribution in [3.63, 3.8) is 0 Å². The minimum Gasteiger partial charge on any atom is -0.375 e. The summed E-state index contributed by atoms with van der Waals surface area (Å²) in [5.41, 5.74) is 2.02. The van der Waals surface area contributed by atoms with Crippen LogP contribution in [0.4, 0.5) is 5.69 Å². The monoisotopic (exact) mass is 361 g/mol. The molecule has 0 spiro atoms. The molecular formula is C17H20BrN3O. The van der Waals surface area contributed by atoms with Gasteiger partial charge in [-0.1, -0.05) is 44.2 Å². The van der Waals surface area contributed by atoms with Crippen LogP contribution >= 0.6 is 15.9 Å². The lowest BCUT2D eigenvalue weighted by molar-refractivity contribution is -0.124. The van der Waals surface area contributed by atoms with Crippen LogP contribution in [0.1, 0.15) is 25.5 Å². The van der Waals surface area contributed by atoms with Crippen LogP contribution in [-0.2, 0) is 4.79 Å². The van der Waals surface area contributed by atoms with Gasteiger partial charge in [0.05, 0.1) is 17.9 Å². The predicted octanol–water partition coefficient (Wildman–Crippen LogP) is 3.77. The lowest BCUT2D eigenvalue weighted by atomic mass is 10.1. The maximum absolute atomic E-state index is 11.8. The maximum Gasteiger partial charge on any atom is 0.222 e. The fourth-order valence-electron chi connectivity index (χ4n) is 2.04. The fourth-order valence-corrected chi connectivity index (χ4v) is 2.40. The molecule has 0 fully saturated rings. The van der Waals surface area contributed by atoms with Gasteiger partial charge in [0.1, 0.15) is 0 Å². The number of pyridine rings is 1. The molecule has 5 heteroatoms. The quantitative estimate of drug-likeness (QED) is 0.823. The van der Waals surface area contributed by atoms with Crippen LogP contribution in [0.25, 0.3) is 0 Å². The number of hydrogen-bond donors (Lipinski definition) is 2. The Hall–Kier alpha value is -1.88. The number of nitrogens with one attached hydrogen (secondary N) is 2. The minimum atomic E-state index is -0.0241. The topological polar surface area (TPSA) is 54.0 Å². The van der Waals surface area contributed by atoms with Gasteiger partial charge in [-0.05, 0) is 27.6 Å². The van der Waals surface area contributed by atoms with Crippen molar-refractivity contribution in [2.24, 2.45) is 5.92 Å². The molecule has 0 bridgehead atoms. The van der Waals surface area contributed by atoms with Gasteiger partial charge in [-0.25, -0.2) is 0 Å². The normalized spacial score (nSPS) is 12.0. The summed E-state index contributed by atoms with van der Waals surface area (Å²) in [6.45, 7) is 4.30. The third kappa shape index (κ3) is 4.84. The van der Waals surface area contributed by atoms with Gasteiger partial charge in [0.25, 0.3) is 0 Å². The first-order valence-electron chi connectivity index (χ1n) is 7.26. The SMILES string of the molecule is CC(C)C(=O)NCC(Nc1cncc(Br)c1)c1ccccc1. The summed E-state index contributed by atoms with van der Waals surface area (Å²) in [4.78, 5) is 16.0. The molecule has 0 saturated heterocycles. The second kappa shape index (κ2) is 7.94. The van der Waals surface area contributed by atoms with Gasteiger partial charge >= 0.3 is 0 Å². The molecule has 1 aromatic carbocycles. The first-order valence-corrected chi connectivity index (χ1v) is 8.05. The molecule has 2 N–H and O–H groups in total. The molecule has 2 aromatic rings. The zero-order valence-electron chi connectivity index (χ0n) is 12.7. The van der Waals surface area contributed by atoms with Crippen molar-refractivity contribution in [2.45, 2.75) is 19.9 Å². The smallest absolute Gasteiger partial charge is 0.222 e. The van der Waals surface area contributed by atoms with E-state index >= 15 is 0 Å². The van der Waals surface area contributed by atoms with Crippen molar-refractivity contribution in [1.29, 1.82) is 0 Å². The van der Waals surface area contributed by atoms with E-state index < -0.39 is 0 Å². The molecule has 1 unspecified atom stereocenters. The summed E-state index contributed by atoms with van der Waals surface area (Å²) >= 11 is 3.42. The highest BCUT2D eigenvalue weighted by molar-refractivity contribution is 9.10. The summed E-state index contributed by atoms with van der Waals surface area (Å²) in [5.74, 6) is 0.0269. The fraction of sp³-hybridized carbons (Fsp3) is 0.294. The molecule has 0 aliphatic carbocycles. The largest absolute Gasteiger partial charge is 0.375 e. The number of rotatable bonds is 6. The summed E-state index contributed by atoms with van der Waals surface area (Å²) in [7, 11) is 0. The van der Waals surface area contributed by atoms with Crippen LogP contribution < -0.4 is 10.6 Å². The third-order valence-electron chi connectivity index (χ3n) is 3.25. The Morgan fingerprint density at radius 1 is 1.23 bits per heavy atom. The van der Waals surface area contributed by atoms with E-state index in [2.05, 4.69) is 31.5 Å². The number of anilines is 1. The Balaban J connectivity index is 2.13. The number of aromatic nitrogens is 1. The van der Waals surface area contributed by atoms with E-state index in [-0.39, 0.29) is 17.9 Å². The van der Waals surface area contributed by atoms with Crippen molar-refractivity contribution in [3.8, 4) is 0 Å². The molecule has 0 aliphatic heterocycles. The van der Waals surface area contributed by atoms with E-state index in [1.807, 2.05) is 50.2 Å². The minimum absolute atomic E-state index is 0.0139. The molecular weight excluding hydrogens is 342 g/mol. The molecule has 4 nitrogen and oxygen atoms in total. The number of benzene rings is 1. The zero-order chi connectivity index (χ0) is 15.9. The van der Waals surface area contributed by atoms with E-state index in [1.54, 1.807) is 12.4 Å². The molecule has 22 heavy (non-hydrogen) atoms. The van der Waals surface area contributed by atoms with Crippen molar-refractivity contribution in [1.82, 2.24) is 10.3 Å². The van der Waals surface area contributed by atoms with Crippen LogP contribution in [-0.4, -0.2) is 17.4 Å². The molecule has 1 heterocycles. The highest BCUT2D eigenvalue weighted by atomic mass is 79.9. The summed E-state index contributed by atoms with van der Waals surface area (Å²) in [6.07, 6.45) is 3.51. The van der Waals surface area contributed by atoms with E-state index in [0.29, 0.717) is 6.54 Å². The van der Waals surface area contributed by atoms with Gasteiger partial charge in [-0.2, -0.15) is 0 Å². The number of hydrogen-bond acceptors (Lipinski definition) is 3. The molecule has 1 atom stereocenters. The molecule has 0 aliphatic rings. The molecule has 1 aromatic heterocycles. The highest BCUT2D eigenvalue weighted by Gasteiger charge is 2.14. The second-order valence-electron chi connectivity index (χ2n) is 5.40. The third-order valence-corrected chi connectivity index (χ3v) is 3.69. The van der Waals surface area contributed by atoms with Crippen molar-refractivity contribution in [2.75, 3.05) is 11.9 Å². The first-order chi connectivity index (χ1) is 10.6. The van der Waals surface area contributed by atoms with Crippen molar-refractivity contribution in [3.05, 3.63) is 58.8 Å². The predicted molar refractivity (Wildman–Crippen MR) is 92.6 cm³/mol. The number of carbonyl (C=O) groups is 1. The van der Waals surface area contributed by atoms with Gasteiger partial charge in [0.15, 0.2) is 0 Å². The molecule has 2 rings (SSSR count). The average molecular weight is 362 g/mol. The van der Waals surface area contributed by atoms with E-state index in [0.717, 1.165) is 15.7 Å². The van der Waals surface area contributed by atoms with E-state index in [1.165, 1.54) is 0 Å². The van der Waals surface area contributed by atoms with Crippen molar-refractivity contribution < 1.29 is 4.79 Å². The Morgan fingerprint density at radius 2 is 1.95 bits per heavy atom. The summed E-state index contributed by atoms with van der Waals surface area (Å²) < 4.78 is 0.913. The van der Waals surface area contributed by atoms with Gasteiger partial charge in [0, 0.05) is 23.1 Å². The Bertz CT molecular complexity index is 616. The zero-order valence-corrected chi connectivity index (χ0v) is 14.3. The highest BCUT2D eigenvalue weighted by Crippen LogP contribution is 2.21. The van der Waals surface area contributed by atoms with E-state index in [9.17, 15) is 4.79 Å². The van der Waals surface area contributed by atoms with Crippen LogP contribution in [0, 0.1) is 5.92 Å². The lowest BCUT2D eigenvalue weighted by Crippen LogP contribution is -2.34. The Morgan fingerprint density at radius 3 is 2.59 bits per heavy atom. The van der Waals surface area contributed by atoms with Gasteiger partial charge in [-0.3, -0.25) is 9.78 Å². The number of nitrogens with zero attached hydrogens (tertiary/aromatic N) is 1. The average Bonchev–Trinajstić information content (AvgIpc) is 2.52. The standard InChI is InChI=1S/C17H20BrN3O/c1-12(2)17(22)20-11-16(13-6-4-3-5-7-13)21-15-8-14(18)9-19-10-15/h3-10,12,16,21H,11H2,1-2H3,(H,20,22). The number of amides is 1. The Kier molecular flexibility index (Phi) is 5.95. The van der Waals surface area contributed by atoms with Gasteiger partial charge < -0.3 is 10.6 Å².